The summed E-state index contributed by atoms with van der Waals surface area (Å²) in [6, 6.07) is 4.17. The quantitative estimate of drug-likeness (QED) is 0.136. The summed E-state index contributed by atoms with van der Waals surface area (Å²) in [7, 11) is 0. The molecule has 0 bridgehead atoms. The Morgan fingerprint density at radius 2 is 2.28 bits per heavy atom. The van der Waals surface area contributed by atoms with Gasteiger partial charge in [0.25, 0.3) is 5.69 Å². The number of nitrogens with two attached hydrogens (primary N) is 1. The van der Waals surface area contributed by atoms with Gasteiger partial charge in [0.15, 0.2) is 5.84 Å². The van der Waals surface area contributed by atoms with Gasteiger partial charge in [-0.2, -0.15) is 0 Å². The number of oxime groups is 1. The number of rotatable bonds is 6. The van der Waals surface area contributed by atoms with E-state index < -0.39 is 4.92 Å². The molecular weight excluding hydrogens is 258 g/mol. The fourth-order valence-electron chi connectivity index (χ4n) is 1.26. The van der Waals surface area contributed by atoms with Gasteiger partial charge in [-0.05, 0) is 12.5 Å². The second-order valence-electron chi connectivity index (χ2n) is 3.35. The third-order valence-electron chi connectivity index (χ3n) is 2.12. The molecule has 98 valence electrons. The number of nitro groups is 1. The van der Waals surface area contributed by atoms with Crippen LogP contribution in [0, 0.1) is 10.1 Å². The lowest BCUT2D eigenvalue weighted by molar-refractivity contribution is -0.384. The van der Waals surface area contributed by atoms with E-state index in [1.54, 1.807) is 6.07 Å². The maximum atomic E-state index is 10.7. The third-order valence-corrected chi connectivity index (χ3v) is 3.28. The number of nitrogens with zero attached hydrogens (tertiary/aromatic N) is 2. The molecule has 0 aromatic heterocycles. The minimum absolute atomic E-state index is 0.0683. The molecule has 0 unspecified atom stereocenters. The third kappa shape index (κ3) is 3.60. The molecule has 0 atom stereocenters. The average Bonchev–Trinajstić information content (AvgIpc) is 2.38. The summed E-state index contributed by atoms with van der Waals surface area (Å²) in [5.41, 5.74) is 5.68. The summed E-state index contributed by atoms with van der Waals surface area (Å²) < 4.78 is 0. The van der Waals surface area contributed by atoms with Crippen molar-refractivity contribution >= 4 is 23.3 Å². The standard InChI is InChI=1S/C10H13N3O4S/c11-10(12-15)8-6-7(13(16)17)2-3-9(8)18-5-1-4-14/h2-3,6,14-15H,1,4-5H2,(H2,11,12). The Hall–Kier alpha value is -1.80. The van der Waals surface area contributed by atoms with E-state index in [9.17, 15) is 10.1 Å². The molecule has 0 saturated heterocycles. The summed E-state index contributed by atoms with van der Waals surface area (Å²) in [5, 5.41) is 30.9. The summed E-state index contributed by atoms with van der Waals surface area (Å²) in [6.45, 7) is 0.0683. The minimum Gasteiger partial charge on any atom is -0.409 e. The van der Waals surface area contributed by atoms with Crippen molar-refractivity contribution in [1.29, 1.82) is 0 Å². The lowest BCUT2D eigenvalue weighted by Crippen LogP contribution is -2.14. The van der Waals surface area contributed by atoms with Crippen molar-refractivity contribution in [3.8, 4) is 0 Å². The van der Waals surface area contributed by atoms with E-state index in [1.807, 2.05) is 0 Å². The molecule has 0 radical (unpaired) electrons. The molecule has 4 N–H and O–H groups in total. The van der Waals surface area contributed by atoms with Crippen molar-refractivity contribution in [2.75, 3.05) is 12.4 Å². The van der Waals surface area contributed by atoms with Gasteiger partial charge in [-0.25, -0.2) is 0 Å². The van der Waals surface area contributed by atoms with Crippen molar-refractivity contribution in [1.82, 2.24) is 0 Å². The maximum Gasteiger partial charge on any atom is 0.270 e. The molecule has 1 aromatic carbocycles. The van der Waals surface area contributed by atoms with Gasteiger partial charge in [-0.3, -0.25) is 10.1 Å². The number of non-ortho nitro benzene ring substituents is 1. The lowest BCUT2D eigenvalue weighted by Gasteiger charge is -2.07. The predicted molar refractivity (Wildman–Crippen MR) is 68.0 cm³/mol. The Morgan fingerprint density at radius 1 is 1.56 bits per heavy atom. The van der Waals surface area contributed by atoms with Crippen LogP contribution in [0.15, 0.2) is 28.3 Å². The predicted octanol–water partition coefficient (Wildman–Crippen LogP) is 1.16. The summed E-state index contributed by atoms with van der Waals surface area (Å²) in [5.74, 6) is 0.463. The van der Waals surface area contributed by atoms with Gasteiger partial charge in [-0.1, -0.05) is 5.16 Å². The van der Waals surface area contributed by atoms with E-state index >= 15 is 0 Å². The normalized spacial score (nSPS) is 11.5. The molecule has 0 aliphatic heterocycles. The molecular formula is C10H13N3O4S. The van der Waals surface area contributed by atoms with Gasteiger partial charge in [0, 0.05) is 35.0 Å². The zero-order valence-corrected chi connectivity index (χ0v) is 10.3. The first kappa shape index (κ1) is 14.3. The molecule has 18 heavy (non-hydrogen) atoms. The van der Waals surface area contributed by atoms with Crippen LogP contribution in [0.5, 0.6) is 0 Å². The van der Waals surface area contributed by atoms with E-state index in [1.165, 1.54) is 23.9 Å². The van der Waals surface area contributed by atoms with Crippen LogP contribution < -0.4 is 5.73 Å². The number of aliphatic hydroxyl groups is 1. The van der Waals surface area contributed by atoms with Crippen LogP contribution in [-0.4, -0.2) is 33.4 Å². The number of thioether (sulfide) groups is 1. The van der Waals surface area contributed by atoms with Crippen LogP contribution in [0.3, 0.4) is 0 Å². The molecule has 0 saturated carbocycles. The Kier molecular flexibility index (Phi) is 5.40. The first-order chi connectivity index (χ1) is 8.60. The Labute approximate surface area is 107 Å². The van der Waals surface area contributed by atoms with Crippen LogP contribution >= 0.6 is 11.8 Å². The second kappa shape index (κ2) is 6.82. The van der Waals surface area contributed by atoms with Crippen molar-refractivity contribution in [3.05, 3.63) is 33.9 Å². The highest BCUT2D eigenvalue weighted by Gasteiger charge is 2.14. The molecule has 0 amide bonds. The monoisotopic (exact) mass is 271 g/mol. The van der Waals surface area contributed by atoms with Gasteiger partial charge >= 0.3 is 0 Å². The van der Waals surface area contributed by atoms with E-state index in [0.717, 1.165) is 0 Å². The first-order valence-electron chi connectivity index (χ1n) is 5.10. The van der Waals surface area contributed by atoms with Crippen molar-refractivity contribution in [3.63, 3.8) is 0 Å². The highest BCUT2D eigenvalue weighted by Crippen LogP contribution is 2.27. The van der Waals surface area contributed by atoms with E-state index in [4.69, 9.17) is 16.0 Å². The largest absolute Gasteiger partial charge is 0.409 e. The molecule has 8 heteroatoms. The number of hydrogen-bond donors (Lipinski definition) is 3. The molecule has 0 spiro atoms. The van der Waals surface area contributed by atoms with Crippen LogP contribution in [0.4, 0.5) is 5.69 Å². The molecule has 0 heterocycles. The molecule has 0 aliphatic rings. The van der Waals surface area contributed by atoms with Crippen molar-refractivity contribution in [2.45, 2.75) is 11.3 Å². The van der Waals surface area contributed by atoms with Gasteiger partial charge in [0.1, 0.15) is 0 Å². The highest BCUT2D eigenvalue weighted by molar-refractivity contribution is 7.99. The summed E-state index contributed by atoms with van der Waals surface area (Å²) in [4.78, 5) is 10.8. The van der Waals surface area contributed by atoms with Crippen LogP contribution in [0.2, 0.25) is 0 Å². The minimum atomic E-state index is -0.545. The topological polar surface area (TPSA) is 122 Å². The number of hydrogen-bond acceptors (Lipinski definition) is 6. The zero-order chi connectivity index (χ0) is 13.5. The molecule has 1 rings (SSSR count). The van der Waals surface area contributed by atoms with Crippen molar-refractivity contribution in [2.24, 2.45) is 10.9 Å². The first-order valence-corrected chi connectivity index (χ1v) is 6.08. The van der Waals surface area contributed by atoms with Gasteiger partial charge in [0.2, 0.25) is 0 Å². The fraction of sp³-hybridized carbons (Fsp3) is 0.300. The van der Waals surface area contributed by atoms with Gasteiger partial charge in [-0.15, -0.1) is 11.8 Å². The lowest BCUT2D eigenvalue weighted by atomic mass is 10.2. The maximum absolute atomic E-state index is 10.7. The second-order valence-corrected chi connectivity index (χ2v) is 4.49. The summed E-state index contributed by atoms with van der Waals surface area (Å²) in [6.07, 6.45) is 0.595. The average molecular weight is 271 g/mol. The SMILES string of the molecule is NC(=NO)c1cc([N+](=O)[O-])ccc1SCCCO. The Balaban J connectivity index is 3.05. The smallest absolute Gasteiger partial charge is 0.270 e. The molecule has 0 fully saturated rings. The molecule has 0 aliphatic carbocycles. The molecule has 7 nitrogen and oxygen atoms in total. The molecule has 1 aromatic rings. The highest BCUT2D eigenvalue weighted by atomic mass is 32.2. The van der Waals surface area contributed by atoms with Gasteiger partial charge < -0.3 is 16.0 Å². The van der Waals surface area contributed by atoms with Crippen LogP contribution in [0.1, 0.15) is 12.0 Å². The Morgan fingerprint density at radius 3 is 2.83 bits per heavy atom. The number of benzene rings is 1. The van der Waals surface area contributed by atoms with E-state index in [2.05, 4.69) is 5.16 Å². The number of aliphatic hydroxyl groups excluding tert-OH is 1. The fourth-order valence-corrected chi connectivity index (χ4v) is 2.23. The van der Waals surface area contributed by atoms with E-state index in [-0.39, 0.29) is 18.1 Å². The summed E-state index contributed by atoms with van der Waals surface area (Å²) >= 11 is 1.38. The van der Waals surface area contributed by atoms with Crippen molar-refractivity contribution < 1.29 is 15.2 Å². The number of nitro benzene ring substituents is 1. The van der Waals surface area contributed by atoms with Crippen LogP contribution in [0.25, 0.3) is 0 Å². The Bertz CT molecular complexity index is 464. The van der Waals surface area contributed by atoms with E-state index in [0.29, 0.717) is 22.6 Å². The van der Waals surface area contributed by atoms with Crippen LogP contribution in [-0.2, 0) is 0 Å². The van der Waals surface area contributed by atoms with Gasteiger partial charge in [0.05, 0.1) is 4.92 Å². The number of amidine groups is 1. The zero-order valence-electron chi connectivity index (χ0n) is 9.44.